The highest BCUT2D eigenvalue weighted by atomic mass is 15.1. The summed E-state index contributed by atoms with van der Waals surface area (Å²) in [5.74, 6) is 0.860. The molecule has 2 rings (SSSR count). The smallest absolute Gasteiger partial charge is 0.101 e. The van der Waals surface area contributed by atoms with Gasteiger partial charge in [0.15, 0.2) is 0 Å². The van der Waals surface area contributed by atoms with Gasteiger partial charge < -0.3 is 10.6 Å². The van der Waals surface area contributed by atoms with Crippen molar-refractivity contribution in [3.05, 3.63) is 23.8 Å². The van der Waals surface area contributed by atoms with Gasteiger partial charge >= 0.3 is 0 Å². The highest BCUT2D eigenvalue weighted by Crippen LogP contribution is 2.32. The van der Waals surface area contributed by atoms with Gasteiger partial charge in [-0.25, -0.2) is 0 Å². The van der Waals surface area contributed by atoms with Crippen LogP contribution in [0.4, 0.5) is 11.4 Å². The van der Waals surface area contributed by atoms with Gasteiger partial charge in [-0.15, -0.1) is 0 Å². The van der Waals surface area contributed by atoms with Crippen molar-refractivity contribution >= 4 is 11.4 Å². The van der Waals surface area contributed by atoms with Gasteiger partial charge in [-0.05, 0) is 43.4 Å². The van der Waals surface area contributed by atoms with Gasteiger partial charge in [-0.1, -0.05) is 6.92 Å². The van der Waals surface area contributed by atoms with Crippen LogP contribution < -0.4 is 10.6 Å². The molecule has 2 N–H and O–H groups in total. The molecule has 1 fully saturated rings. The van der Waals surface area contributed by atoms with E-state index in [0.29, 0.717) is 11.3 Å². The minimum atomic E-state index is 0.566. The number of nitriles is 1. The predicted octanol–water partition coefficient (Wildman–Crippen LogP) is 2.77. The Hall–Kier alpha value is -1.69. The number of nitrogen functional groups attached to an aromatic ring is 1. The summed E-state index contributed by atoms with van der Waals surface area (Å²) in [6.45, 7) is 4.37. The first-order valence-corrected chi connectivity index (χ1v) is 6.29. The monoisotopic (exact) mass is 229 g/mol. The molecule has 1 aliphatic carbocycles. The first-order valence-electron chi connectivity index (χ1n) is 6.29. The van der Waals surface area contributed by atoms with Gasteiger partial charge in [-0.3, -0.25) is 0 Å². The fourth-order valence-electron chi connectivity index (χ4n) is 2.06. The van der Waals surface area contributed by atoms with Crippen LogP contribution in [0.25, 0.3) is 0 Å². The summed E-state index contributed by atoms with van der Waals surface area (Å²) in [6, 6.07) is 7.86. The maximum absolute atomic E-state index is 8.86. The molecule has 0 spiro atoms. The van der Waals surface area contributed by atoms with Crippen molar-refractivity contribution in [2.24, 2.45) is 5.92 Å². The first-order chi connectivity index (χ1) is 8.24. The zero-order valence-electron chi connectivity index (χ0n) is 10.3. The Kier molecular flexibility index (Phi) is 3.53. The summed E-state index contributed by atoms with van der Waals surface area (Å²) in [5, 5.41) is 8.86. The number of rotatable bonds is 5. The van der Waals surface area contributed by atoms with E-state index < -0.39 is 0 Å². The molecule has 1 aromatic carbocycles. The maximum Gasteiger partial charge on any atom is 0.101 e. The van der Waals surface area contributed by atoms with Crippen LogP contribution >= 0.6 is 0 Å². The molecule has 0 aromatic heterocycles. The number of nitrogens with zero attached hydrogens (tertiary/aromatic N) is 2. The van der Waals surface area contributed by atoms with Gasteiger partial charge in [0.2, 0.25) is 0 Å². The Balaban J connectivity index is 2.16. The second-order valence-corrected chi connectivity index (χ2v) is 4.77. The summed E-state index contributed by atoms with van der Waals surface area (Å²) >= 11 is 0. The highest BCUT2D eigenvalue weighted by Gasteiger charge is 2.24. The highest BCUT2D eigenvalue weighted by molar-refractivity contribution is 5.63. The molecule has 0 heterocycles. The Bertz CT molecular complexity index is 430. The SMILES string of the molecule is CCCN(CC1CC1)c1ccc(C#N)c(N)c1. The lowest BCUT2D eigenvalue weighted by molar-refractivity contribution is 0.708. The van der Waals surface area contributed by atoms with E-state index in [-0.39, 0.29) is 0 Å². The maximum atomic E-state index is 8.86. The van der Waals surface area contributed by atoms with Gasteiger partial charge in [-0.2, -0.15) is 5.26 Å². The van der Waals surface area contributed by atoms with E-state index in [2.05, 4.69) is 17.9 Å². The van der Waals surface area contributed by atoms with Crippen molar-refractivity contribution in [3.8, 4) is 6.07 Å². The Labute approximate surface area is 103 Å². The van der Waals surface area contributed by atoms with Crippen molar-refractivity contribution in [3.63, 3.8) is 0 Å². The lowest BCUT2D eigenvalue weighted by atomic mass is 10.1. The molecule has 0 unspecified atom stereocenters. The van der Waals surface area contributed by atoms with Gasteiger partial charge in [0.1, 0.15) is 6.07 Å². The molecule has 0 aliphatic heterocycles. The number of hydrogen-bond acceptors (Lipinski definition) is 3. The number of nitrogens with two attached hydrogens (primary N) is 1. The van der Waals surface area contributed by atoms with E-state index >= 15 is 0 Å². The van der Waals surface area contributed by atoms with Crippen LogP contribution in [-0.4, -0.2) is 13.1 Å². The van der Waals surface area contributed by atoms with E-state index in [1.165, 1.54) is 12.8 Å². The predicted molar refractivity (Wildman–Crippen MR) is 70.8 cm³/mol. The van der Waals surface area contributed by atoms with Crippen LogP contribution in [-0.2, 0) is 0 Å². The molecule has 0 radical (unpaired) electrons. The number of benzene rings is 1. The molecule has 0 saturated heterocycles. The van der Waals surface area contributed by atoms with Crippen molar-refractivity contribution in [1.29, 1.82) is 5.26 Å². The largest absolute Gasteiger partial charge is 0.398 e. The van der Waals surface area contributed by atoms with Crippen molar-refractivity contribution in [2.45, 2.75) is 26.2 Å². The Morgan fingerprint density at radius 2 is 2.24 bits per heavy atom. The van der Waals surface area contributed by atoms with Crippen molar-refractivity contribution in [1.82, 2.24) is 0 Å². The third kappa shape index (κ3) is 2.91. The molecule has 1 saturated carbocycles. The summed E-state index contributed by atoms with van der Waals surface area (Å²) in [7, 11) is 0. The fraction of sp³-hybridized carbons (Fsp3) is 0.500. The first kappa shape index (κ1) is 11.8. The standard InChI is InChI=1S/C14H19N3/c1-2-7-17(10-11-3-4-11)13-6-5-12(9-15)14(16)8-13/h5-6,8,11H,2-4,7,10,16H2,1H3. The van der Waals surface area contributed by atoms with Gasteiger partial charge in [0.05, 0.1) is 11.3 Å². The van der Waals surface area contributed by atoms with Crippen LogP contribution in [0.15, 0.2) is 18.2 Å². The van der Waals surface area contributed by atoms with E-state index in [1.807, 2.05) is 18.2 Å². The number of anilines is 2. The molecule has 1 aromatic rings. The minimum Gasteiger partial charge on any atom is -0.398 e. The summed E-state index contributed by atoms with van der Waals surface area (Å²) in [4.78, 5) is 2.38. The lowest BCUT2D eigenvalue weighted by Gasteiger charge is -2.24. The summed E-state index contributed by atoms with van der Waals surface area (Å²) in [5.41, 5.74) is 8.16. The average molecular weight is 229 g/mol. The van der Waals surface area contributed by atoms with Crippen LogP contribution in [0, 0.1) is 17.2 Å². The van der Waals surface area contributed by atoms with Crippen LogP contribution in [0.2, 0.25) is 0 Å². The molecule has 3 nitrogen and oxygen atoms in total. The molecule has 90 valence electrons. The number of hydrogen-bond donors (Lipinski definition) is 1. The third-order valence-corrected chi connectivity index (χ3v) is 3.19. The van der Waals surface area contributed by atoms with E-state index in [4.69, 9.17) is 11.0 Å². The zero-order chi connectivity index (χ0) is 12.3. The molecular weight excluding hydrogens is 210 g/mol. The molecule has 17 heavy (non-hydrogen) atoms. The van der Waals surface area contributed by atoms with E-state index in [9.17, 15) is 0 Å². The third-order valence-electron chi connectivity index (χ3n) is 3.19. The molecule has 0 amide bonds. The second kappa shape index (κ2) is 5.09. The average Bonchev–Trinajstić information content (AvgIpc) is 3.12. The molecule has 0 bridgehead atoms. The summed E-state index contributed by atoms with van der Waals surface area (Å²) < 4.78 is 0. The van der Waals surface area contributed by atoms with Gasteiger partial charge in [0, 0.05) is 18.8 Å². The van der Waals surface area contributed by atoms with Gasteiger partial charge in [0.25, 0.3) is 0 Å². The molecule has 1 aliphatic rings. The van der Waals surface area contributed by atoms with Crippen molar-refractivity contribution < 1.29 is 0 Å². The molecule has 3 heteroatoms. The lowest BCUT2D eigenvalue weighted by Crippen LogP contribution is -2.26. The second-order valence-electron chi connectivity index (χ2n) is 4.77. The zero-order valence-corrected chi connectivity index (χ0v) is 10.3. The fourth-order valence-corrected chi connectivity index (χ4v) is 2.06. The topological polar surface area (TPSA) is 53.0 Å². The molecular formula is C14H19N3. The van der Waals surface area contributed by atoms with E-state index in [1.54, 1.807) is 0 Å². The quantitative estimate of drug-likeness (QED) is 0.790. The molecule has 0 atom stereocenters. The minimum absolute atomic E-state index is 0.566. The Morgan fingerprint density at radius 1 is 1.47 bits per heavy atom. The van der Waals surface area contributed by atoms with E-state index in [0.717, 1.165) is 31.1 Å². The summed E-state index contributed by atoms with van der Waals surface area (Å²) in [6.07, 6.45) is 3.84. The van der Waals surface area contributed by atoms with Crippen LogP contribution in [0.1, 0.15) is 31.7 Å². The van der Waals surface area contributed by atoms with Crippen LogP contribution in [0.5, 0.6) is 0 Å². The normalized spacial score (nSPS) is 14.4. The Morgan fingerprint density at radius 3 is 2.76 bits per heavy atom. The van der Waals surface area contributed by atoms with Crippen LogP contribution in [0.3, 0.4) is 0 Å². The van der Waals surface area contributed by atoms with Crippen molar-refractivity contribution in [2.75, 3.05) is 23.7 Å².